The molecule has 1 saturated heterocycles. The van der Waals surface area contributed by atoms with Gasteiger partial charge >= 0.3 is 0 Å². The molecular weight excluding hydrogens is 330 g/mol. The fraction of sp³-hybridized carbons (Fsp3) is 0.562. The van der Waals surface area contributed by atoms with E-state index in [0.717, 1.165) is 17.8 Å². The number of nitrogens with two attached hydrogens (primary N) is 1. The lowest BCUT2D eigenvalue weighted by Gasteiger charge is -2.42. The Kier molecular flexibility index (Phi) is 4.41. The molecule has 0 atom stereocenters. The molecule has 1 aromatic rings. The van der Waals surface area contributed by atoms with E-state index in [1.165, 1.54) is 6.07 Å². The van der Waals surface area contributed by atoms with E-state index in [2.05, 4.69) is 18.7 Å². The minimum absolute atomic E-state index is 0.0204. The first-order valence-corrected chi connectivity index (χ1v) is 9.52. The third-order valence-corrected chi connectivity index (χ3v) is 5.63. The van der Waals surface area contributed by atoms with E-state index >= 15 is 0 Å². The van der Waals surface area contributed by atoms with Gasteiger partial charge in [-0.2, -0.15) is 0 Å². The summed E-state index contributed by atoms with van der Waals surface area (Å²) in [6, 6.07) is 4.69. The molecule has 24 heavy (non-hydrogen) atoms. The van der Waals surface area contributed by atoms with Crippen LogP contribution in [0.2, 0.25) is 0 Å². The molecule has 3 rings (SSSR count). The number of morpholine rings is 1. The number of sulfonamides is 1. The van der Waals surface area contributed by atoms with E-state index in [4.69, 9.17) is 9.88 Å². The first-order valence-electron chi connectivity index (χ1n) is 7.97. The second-order valence-electron chi connectivity index (χ2n) is 6.92. The van der Waals surface area contributed by atoms with Gasteiger partial charge in [-0.3, -0.25) is 9.69 Å². The van der Waals surface area contributed by atoms with Crippen LogP contribution in [0, 0.1) is 0 Å². The van der Waals surface area contributed by atoms with Gasteiger partial charge in [0.25, 0.3) is 0 Å². The first-order chi connectivity index (χ1) is 11.2. The fourth-order valence-corrected chi connectivity index (χ4v) is 3.81. The standard InChI is InChI=1S/C16H23N3O4S/c1-16(2)11-23-8-7-18(16)10-15(20)19-6-5-12-9-13(24(17,21)22)3-4-14(12)19/h3-4,9H,5-8,10-11H2,1-2H3,(H2,17,21,22). The number of anilines is 1. The number of ether oxygens (including phenoxy) is 1. The highest BCUT2D eigenvalue weighted by atomic mass is 32.2. The smallest absolute Gasteiger partial charge is 0.241 e. The van der Waals surface area contributed by atoms with Crippen LogP contribution in [0.15, 0.2) is 23.1 Å². The zero-order valence-corrected chi connectivity index (χ0v) is 14.8. The van der Waals surface area contributed by atoms with Crippen molar-refractivity contribution in [3.63, 3.8) is 0 Å². The van der Waals surface area contributed by atoms with Crippen LogP contribution >= 0.6 is 0 Å². The number of carbonyl (C=O) groups is 1. The molecule has 0 unspecified atom stereocenters. The van der Waals surface area contributed by atoms with Crippen LogP contribution in [0.4, 0.5) is 5.69 Å². The second kappa shape index (κ2) is 6.11. The summed E-state index contributed by atoms with van der Waals surface area (Å²) in [6.07, 6.45) is 0.636. The van der Waals surface area contributed by atoms with Crippen LogP contribution in [-0.2, 0) is 26.0 Å². The summed E-state index contributed by atoms with van der Waals surface area (Å²) >= 11 is 0. The largest absolute Gasteiger partial charge is 0.378 e. The molecule has 2 aliphatic heterocycles. The topological polar surface area (TPSA) is 92.9 Å². The highest BCUT2D eigenvalue weighted by Gasteiger charge is 2.34. The molecule has 1 aromatic carbocycles. The lowest BCUT2D eigenvalue weighted by Crippen LogP contribution is -2.56. The van der Waals surface area contributed by atoms with Crippen LogP contribution in [0.3, 0.4) is 0 Å². The van der Waals surface area contributed by atoms with Crippen molar-refractivity contribution in [2.24, 2.45) is 5.14 Å². The number of hydrogen-bond donors (Lipinski definition) is 1. The van der Waals surface area contributed by atoms with Gasteiger partial charge < -0.3 is 9.64 Å². The van der Waals surface area contributed by atoms with Crippen LogP contribution in [0.25, 0.3) is 0 Å². The average molecular weight is 353 g/mol. The molecule has 8 heteroatoms. The van der Waals surface area contributed by atoms with Gasteiger partial charge in [-0.05, 0) is 44.0 Å². The van der Waals surface area contributed by atoms with Gasteiger partial charge in [0.2, 0.25) is 15.9 Å². The maximum Gasteiger partial charge on any atom is 0.241 e. The van der Waals surface area contributed by atoms with Gasteiger partial charge in [-0.15, -0.1) is 0 Å². The quantitative estimate of drug-likeness (QED) is 0.845. The number of rotatable bonds is 3. The van der Waals surface area contributed by atoms with Crippen LogP contribution in [0.5, 0.6) is 0 Å². The molecule has 0 spiro atoms. The Morgan fingerprint density at radius 3 is 2.75 bits per heavy atom. The highest BCUT2D eigenvalue weighted by molar-refractivity contribution is 7.89. The van der Waals surface area contributed by atoms with E-state index in [9.17, 15) is 13.2 Å². The highest BCUT2D eigenvalue weighted by Crippen LogP contribution is 2.30. The number of hydrogen-bond acceptors (Lipinski definition) is 5. The van der Waals surface area contributed by atoms with Crippen LogP contribution < -0.4 is 10.0 Å². The number of carbonyl (C=O) groups excluding carboxylic acids is 1. The number of benzene rings is 1. The molecule has 2 aliphatic rings. The Hall–Kier alpha value is -1.48. The molecular formula is C16H23N3O4S. The predicted molar refractivity (Wildman–Crippen MR) is 90.3 cm³/mol. The summed E-state index contributed by atoms with van der Waals surface area (Å²) in [4.78, 5) is 16.7. The molecule has 0 bridgehead atoms. The summed E-state index contributed by atoms with van der Waals surface area (Å²) < 4.78 is 28.4. The Morgan fingerprint density at radius 1 is 1.33 bits per heavy atom. The summed E-state index contributed by atoms with van der Waals surface area (Å²) in [5.74, 6) is 0.0204. The fourth-order valence-electron chi connectivity index (χ4n) is 3.25. The molecule has 0 aliphatic carbocycles. The molecule has 0 aromatic heterocycles. The normalized spacial score (nSPS) is 20.9. The van der Waals surface area contributed by atoms with E-state index < -0.39 is 10.0 Å². The maximum atomic E-state index is 12.7. The van der Waals surface area contributed by atoms with Crippen molar-refractivity contribution in [2.75, 3.05) is 37.7 Å². The van der Waals surface area contributed by atoms with Gasteiger partial charge in [0.15, 0.2) is 0 Å². The van der Waals surface area contributed by atoms with Crippen molar-refractivity contribution in [2.45, 2.75) is 30.7 Å². The Labute approximate surface area is 142 Å². The molecule has 1 fully saturated rings. The third-order valence-electron chi connectivity index (χ3n) is 4.72. The molecule has 132 valence electrons. The SMILES string of the molecule is CC1(C)COCCN1CC(=O)N1CCc2cc(S(N)(=O)=O)ccc21. The van der Waals surface area contributed by atoms with Gasteiger partial charge in [-0.1, -0.05) is 0 Å². The zero-order chi connectivity index (χ0) is 17.5. The second-order valence-corrected chi connectivity index (χ2v) is 8.48. The molecule has 0 radical (unpaired) electrons. The monoisotopic (exact) mass is 353 g/mol. The van der Waals surface area contributed by atoms with E-state index in [-0.39, 0.29) is 16.3 Å². The summed E-state index contributed by atoms with van der Waals surface area (Å²) in [5.41, 5.74) is 1.45. The minimum Gasteiger partial charge on any atom is -0.378 e. The lowest BCUT2D eigenvalue weighted by molar-refractivity contribution is -0.124. The number of nitrogens with zero attached hydrogens (tertiary/aromatic N) is 2. The number of amides is 1. The molecule has 7 nitrogen and oxygen atoms in total. The minimum atomic E-state index is -3.73. The van der Waals surface area contributed by atoms with Crippen molar-refractivity contribution >= 4 is 21.6 Å². The van der Waals surface area contributed by atoms with E-state index in [0.29, 0.717) is 32.7 Å². The summed E-state index contributed by atoms with van der Waals surface area (Å²) in [7, 11) is -3.73. The van der Waals surface area contributed by atoms with Crippen molar-refractivity contribution in [3.8, 4) is 0 Å². The zero-order valence-electron chi connectivity index (χ0n) is 14.0. The Bertz CT molecular complexity index is 761. The van der Waals surface area contributed by atoms with Gasteiger partial charge in [0.05, 0.1) is 24.7 Å². The molecule has 2 N–H and O–H groups in total. The van der Waals surface area contributed by atoms with Gasteiger partial charge in [-0.25, -0.2) is 13.6 Å². The Morgan fingerprint density at radius 2 is 2.08 bits per heavy atom. The lowest BCUT2D eigenvalue weighted by atomic mass is 10.0. The van der Waals surface area contributed by atoms with Crippen molar-refractivity contribution in [1.82, 2.24) is 4.90 Å². The average Bonchev–Trinajstić information content (AvgIpc) is 2.91. The predicted octanol–water partition coefficient (Wildman–Crippen LogP) is 0.334. The van der Waals surface area contributed by atoms with Gasteiger partial charge in [0.1, 0.15) is 0 Å². The number of fused-ring (bicyclic) bond motifs is 1. The molecule has 2 heterocycles. The van der Waals surface area contributed by atoms with E-state index in [1.807, 2.05) is 0 Å². The Balaban J connectivity index is 1.77. The van der Waals surface area contributed by atoms with Crippen LogP contribution in [0.1, 0.15) is 19.4 Å². The van der Waals surface area contributed by atoms with Crippen molar-refractivity contribution < 1.29 is 17.9 Å². The molecule has 0 saturated carbocycles. The summed E-state index contributed by atoms with van der Waals surface area (Å²) in [6.45, 7) is 6.98. The first kappa shape index (κ1) is 17.3. The van der Waals surface area contributed by atoms with E-state index in [1.54, 1.807) is 17.0 Å². The van der Waals surface area contributed by atoms with Crippen molar-refractivity contribution in [3.05, 3.63) is 23.8 Å². The van der Waals surface area contributed by atoms with Gasteiger partial charge in [0, 0.05) is 24.3 Å². The molecule has 1 amide bonds. The third kappa shape index (κ3) is 3.32. The van der Waals surface area contributed by atoms with Crippen molar-refractivity contribution in [1.29, 1.82) is 0 Å². The van der Waals surface area contributed by atoms with Crippen LogP contribution in [-0.4, -0.2) is 57.6 Å². The maximum absolute atomic E-state index is 12.7. The summed E-state index contributed by atoms with van der Waals surface area (Å²) in [5, 5.41) is 5.17. The number of primary sulfonamides is 1.